The first-order valence-corrected chi connectivity index (χ1v) is 12.2. The van der Waals surface area contributed by atoms with E-state index in [0.29, 0.717) is 24.8 Å². The molecule has 4 aliphatic carbocycles. The third kappa shape index (κ3) is 3.45. The maximum absolute atomic E-state index is 17.1. The van der Waals surface area contributed by atoms with Crippen molar-refractivity contribution in [1.29, 1.82) is 0 Å². The number of halogens is 1. The molecular weight excluding hydrogens is 459 g/mol. The lowest BCUT2D eigenvalue weighted by atomic mass is 9.44. The minimum atomic E-state index is -2.07. The number of fused-ring (bicyclic) bond motifs is 5. The lowest BCUT2D eigenvalue weighted by molar-refractivity contribution is -0.220. The smallest absolute Gasteiger partial charge is 0.306 e. The van der Waals surface area contributed by atoms with E-state index in [-0.39, 0.29) is 12.2 Å². The fourth-order valence-corrected chi connectivity index (χ4v) is 7.68. The molecular formula is C26H33FO8. The van der Waals surface area contributed by atoms with E-state index in [4.69, 9.17) is 9.84 Å². The van der Waals surface area contributed by atoms with Crippen LogP contribution in [0.1, 0.15) is 59.3 Å². The Morgan fingerprint density at radius 3 is 2.54 bits per heavy atom. The third-order valence-electron chi connectivity index (χ3n) is 9.55. The molecule has 35 heavy (non-hydrogen) atoms. The van der Waals surface area contributed by atoms with Crippen molar-refractivity contribution in [2.75, 3.05) is 6.61 Å². The quantitative estimate of drug-likeness (QED) is 0.480. The van der Waals surface area contributed by atoms with Crippen molar-refractivity contribution in [3.63, 3.8) is 0 Å². The van der Waals surface area contributed by atoms with Gasteiger partial charge in [0.05, 0.1) is 18.9 Å². The van der Waals surface area contributed by atoms with Gasteiger partial charge in [0.1, 0.15) is 5.60 Å². The molecule has 8 atom stereocenters. The molecule has 3 N–H and O–H groups in total. The summed E-state index contributed by atoms with van der Waals surface area (Å²) in [6.45, 7) is 4.38. The van der Waals surface area contributed by atoms with Crippen LogP contribution in [0.3, 0.4) is 0 Å². The van der Waals surface area contributed by atoms with Crippen molar-refractivity contribution in [3.05, 3.63) is 23.8 Å². The number of hydrogen-bond acceptors (Lipinski definition) is 7. The summed E-state index contributed by atoms with van der Waals surface area (Å²) in [4.78, 5) is 47.7. The Morgan fingerprint density at radius 1 is 1.20 bits per heavy atom. The van der Waals surface area contributed by atoms with E-state index in [1.165, 1.54) is 12.2 Å². The van der Waals surface area contributed by atoms with Crippen molar-refractivity contribution in [1.82, 2.24) is 0 Å². The molecule has 0 heterocycles. The summed E-state index contributed by atoms with van der Waals surface area (Å²) in [6, 6.07) is 0. The number of esters is 1. The molecule has 9 heteroatoms. The minimum Gasteiger partial charge on any atom is -0.481 e. The van der Waals surface area contributed by atoms with Crippen LogP contribution in [0, 0.1) is 28.6 Å². The summed E-state index contributed by atoms with van der Waals surface area (Å²) in [5.74, 6) is -4.63. The Kier molecular flexibility index (Phi) is 6.12. The summed E-state index contributed by atoms with van der Waals surface area (Å²) in [6.07, 6.45) is 3.04. The lowest BCUT2D eigenvalue weighted by Crippen LogP contribution is -2.69. The number of aliphatic hydroxyl groups excluding tert-OH is 1. The second kappa shape index (κ2) is 8.34. The molecule has 4 rings (SSSR count). The van der Waals surface area contributed by atoms with Crippen LogP contribution in [0.5, 0.6) is 0 Å². The number of aliphatic carboxylic acids is 1. The zero-order valence-electron chi connectivity index (χ0n) is 20.3. The standard InChI is InChI=1S/C26H33FO8/c1-14-10-18-17-5-4-15-11-16(28)8-9-23(15,2)25(17,27)19(29)12-24(18,3)26(14,34)20(30)13-35-22(33)7-6-21(31)32/h8-9,11,14,17-19,29,34H,4-7,10,12-13H2,1-3H3,(H,31,32)/t14-,17?,18?,19+,23+,24+,25+,26+/m1/s1. The van der Waals surface area contributed by atoms with E-state index in [1.807, 2.05) is 0 Å². The van der Waals surface area contributed by atoms with Gasteiger partial charge in [-0.05, 0) is 56.6 Å². The lowest BCUT2D eigenvalue weighted by Gasteiger charge is -2.62. The highest BCUT2D eigenvalue weighted by Gasteiger charge is 2.75. The number of ketones is 2. The Bertz CT molecular complexity index is 1030. The summed E-state index contributed by atoms with van der Waals surface area (Å²) < 4.78 is 22.1. The molecule has 0 aromatic carbocycles. The van der Waals surface area contributed by atoms with Gasteiger partial charge in [0.15, 0.2) is 18.1 Å². The van der Waals surface area contributed by atoms with Gasteiger partial charge in [0.2, 0.25) is 5.78 Å². The highest BCUT2D eigenvalue weighted by Crippen LogP contribution is 2.70. The maximum Gasteiger partial charge on any atom is 0.306 e. The van der Waals surface area contributed by atoms with Crippen molar-refractivity contribution in [3.8, 4) is 0 Å². The zero-order valence-corrected chi connectivity index (χ0v) is 20.3. The molecule has 4 aliphatic rings. The van der Waals surface area contributed by atoms with Crippen LogP contribution in [0.15, 0.2) is 23.8 Å². The van der Waals surface area contributed by atoms with Gasteiger partial charge in [-0.2, -0.15) is 0 Å². The van der Waals surface area contributed by atoms with Gasteiger partial charge < -0.3 is 20.1 Å². The maximum atomic E-state index is 17.1. The largest absolute Gasteiger partial charge is 0.481 e. The van der Waals surface area contributed by atoms with Crippen LogP contribution in [0.2, 0.25) is 0 Å². The first-order chi connectivity index (χ1) is 16.2. The van der Waals surface area contributed by atoms with E-state index in [9.17, 15) is 29.4 Å². The fourth-order valence-electron chi connectivity index (χ4n) is 7.68. The topological polar surface area (TPSA) is 138 Å². The SMILES string of the molecule is C[C@@H]1CC2C3CCC4=CC(=O)C=C[C@]4(C)[C@@]3(F)[C@@H](O)C[C@]2(C)[C@@]1(O)C(=O)COC(=O)CCC(=O)O. The van der Waals surface area contributed by atoms with Gasteiger partial charge in [-0.3, -0.25) is 19.2 Å². The number of ether oxygens (including phenoxy) is 1. The number of carboxylic acid groups (broad SMARTS) is 1. The van der Waals surface area contributed by atoms with E-state index in [2.05, 4.69) is 0 Å². The van der Waals surface area contributed by atoms with Crippen LogP contribution in [-0.2, 0) is 23.9 Å². The second-order valence-corrected chi connectivity index (χ2v) is 11.1. The van der Waals surface area contributed by atoms with Crippen molar-refractivity contribution in [2.24, 2.45) is 28.6 Å². The van der Waals surface area contributed by atoms with Gasteiger partial charge in [-0.25, -0.2) is 4.39 Å². The fraction of sp³-hybridized carbons (Fsp3) is 0.692. The average Bonchev–Trinajstić information content (AvgIpc) is 2.99. The molecule has 0 aromatic rings. The second-order valence-electron chi connectivity index (χ2n) is 11.1. The highest BCUT2D eigenvalue weighted by atomic mass is 19.1. The van der Waals surface area contributed by atoms with Crippen molar-refractivity contribution < 1.29 is 43.6 Å². The number of carboxylic acids is 1. The predicted octanol–water partition coefficient (Wildman–Crippen LogP) is 2.31. The molecule has 0 aromatic heterocycles. The van der Waals surface area contributed by atoms with Gasteiger partial charge in [0, 0.05) is 16.7 Å². The van der Waals surface area contributed by atoms with E-state index in [0.717, 1.165) is 0 Å². The summed E-state index contributed by atoms with van der Waals surface area (Å²) in [5.41, 5.74) is -5.71. The molecule has 192 valence electrons. The molecule has 3 fully saturated rings. The van der Waals surface area contributed by atoms with E-state index in [1.54, 1.807) is 26.8 Å². The summed E-state index contributed by atoms with van der Waals surface area (Å²) in [7, 11) is 0. The van der Waals surface area contributed by atoms with Crippen LogP contribution in [0.4, 0.5) is 4.39 Å². The van der Waals surface area contributed by atoms with E-state index >= 15 is 4.39 Å². The molecule has 0 aliphatic heterocycles. The number of Topliss-reactive ketones (excluding diaryl/α,β-unsaturated/α-hetero) is 1. The Balaban J connectivity index is 1.62. The van der Waals surface area contributed by atoms with Gasteiger partial charge >= 0.3 is 11.9 Å². The summed E-state index contributed by atoms with van der Waals surface area (Å²) >= 11 is 0. The number of aliphatic hydroxyl groups is 2. The van der Waals surface area contributed by atoms with Crippen LogP contribution >= 0.6 is 0 Å². The minimum absolute atomic E-state index is 0.172. The molecule has 0 bridgehead atoms. The summed E-state index contributed by atoms with van der Waals surface area (Å²) in [5, 5.41) is 31.8. The molecule has 2 unspecified atom stereocenters. The predicted molar refractivity (Wildman–Crippen MR) is 121 cm³/mol. The zero-order chi connectivity index (χ0) is 26.0. The van der Waals surface area contributed by atoms with Gasteiger partial charge in [0.25, 0.3) is 0 Å². The third-order valence-corrected chi connectivity index (χ3v) is 9.55. The number of hydrogen-bond donors (Lipinski definition) is 3. The Labute approximate surface area is 203 Å². The monoisotopic (exact) mass is 492 g/mol. The average molecular weight is 493 g/mol. The van der Waals surface area contributed by atoms with E-state index < -0.39 is 83.1 Å². The highest BCUT2D eigenvalue weighted by molar-refractivity contribution is 6.01. The molecule has 0 saturated heterocycles. The number of carbonyl (C=O) groups is 4. The first kappa shape index (κ1) is 25.7. The normalized spacial score (nSPS) is 44.1. The van der Waals surface area contributed by atoms with Crippen LogP contribution in [0.25, 0.3) is 0 Å². The van der Waals surface area contributed by atoms with Crippen LogP contribution in [-0.4, -0.2) is 62.8 Å². The number of alkyl halides is 1. The number of rotatable bonds is 6. The Hall–Kier alpha value is -2.39. The molecule has 0 amide bonds. The number of carbonyl (C=O) groups excluding carboxylic acids is 3. The molecule has 3 saturated carbocycles. The first-order valence-electron chi connectivity index (χ1n) is 12.2. The van der Waals surface area contributed by atoms with Crippen LogP contribution < -0.4 is 0 Å². The Morgan fingerprint density at radius 2 is 1.89 bits per heavy atom. The molecule has 8 nitrogen and oxygen atoms in total. The molecule has 0 radical (unpaired) electrons. The van der Waals surface area contributed by atoms with Crippen molar-refractivity contribution in [2.45, 2.75) is 76.7 Å². The van der Waals surface area contributed by atoms with Gasteiger partial charge in [-0.15, -0.1) is 0 Å². The van der Waals surface area contributed by atoms with Gasteiger partial charge in [-0.1, -0.05) is 25.5 Å². The molecule has 0 spiro atoms. The number of allylic oxidation sites excluding steroid dienone is 4. The van der Waals surface area contributed by atoms with Crippen molar-refractivity contribution >= 4 is 23.5 Å².